The number of carbonyl (C=O) groups excluding carboxylic acids is 1. The summed E-state index contributed by atoms with van der Waals surface area (Å²) in [5.41, 5.74) is 0.830. The van der Waals surface area contributed by atoms with Crippen molar-refractivity contribution in [2.75, 3.05) is 32.7 Å². The monoisotopic (exact) mass is 238 g/mol. The zero-order valence-corrected chi connectivity index (χ0v) is 10.3. The van der Waals surface area contributed by atoms with Crippen molar-refractivity contribution in [3.8, 4) is 0 Å². The maximum absolute atomic E-state index is 11.8. The fourth-order valence-electron chi connectivity index (χ4n) is 1.32. The molecule has 0 spiro atoms. The first-order valence-corrected chi connectivity index (χ1v) is 5.31. The summed E-state index contributed by atoms with van der Waals surface area (Å²) in [6, 6.07) is 9.20. The number of urea groups is 1. The van der Waals surface area contributed by atoms with Crippen molar-refractivity contribution in [3.63, 3.8) is 0 Å². The molecule has 0 saturated heterocycles. The van der Waals surface area contributed by atoms with E-state index in [1.54, 1.807) is 7.05 Å². The first kappa shape index (κ1) is 13.5. The van der Waals surface area contributed by atoms with Crippen LogP contribution in [0.5, 0.6) is 0 Å². The van der Waals surface area contributed by atoms with E-state index < -0.39 is 6.29 Å². The Kier molecular flexibility index (Phi) is 5.45. The van der Waals surface area contributed by atoms with Gasteiger partial charge in [-0.1, -0.05) is 18.2 Å². The quantitative estimate of drug-likeness (QED) is 0.790. The highest BCUT2D eigenvalue weighted by Crippen LogP contribution is 2.10. The second kappa shape index (κ2) is 6.88. The van der Waals surface area contributed by atoms with Crippen LogP contribution < -0.4 is 10.2 Å². The van der Waals surface area contributed by atoms with Gasteiger partial charge in [-0.15, -0.1) is 0 Å². The molecule has 0 aliphatic heterocycles. The summed E-state index contributed by atoms with van der Waals surface area (Å²) in [4.78, 5) is 13.3. The summed E-state index contributed by atoms with van der Waals surface area (Å²) in [6.45, 7) is 0.309. The van der Waals surface area contributed by atoms with Crippen LogP contribution in [0.4, 0.5) is 10.5 Å². The Morgan fingerprint density at radius 1 is 1.29 bits per heavy atom. The molecule has 1 rings (SSSR count). The van der Waals surface area contributed by atoms with Crippen LogP contribution in [0.1, 0.15) is 0 Å². The molecule has 5 heteroatoms. The van der Waals surface area contributed by atoms with E-state index in [0.29, 0.717) is 6.54 Å². The lowest BCUT2D eigenvalue weighted by Crippen LogP contribution is -2.41. The Bertz CT molecular complexity index is 339. The van der Waals surface area contributed by atoms with Gasteiger partial charge >= 0.3 is 6.03 Å². The maximum Gasteiger partial charge on any atom is 0.321 e. The van der Waals surface area contributed by atoms with E-state index in [1.807, 2.05) is 30.3 Å². The molecule has 0 aliphatic rings. The molecule has 0 radical (unpaired) electrons. The van der Waals surface area contributed by atoms with Gasteiger partial charge in [-0.3, -0.25) is 4.90 Å². The van der Waals surface area contributed by atoms with Crippen LogP contribution in [0.15, 0.2) is 30.3 Å². The molecule has 1 N–H and O–H groups in total. The summed E-state index contributed by atoms with van der Waals surface area (Å²) in [5, 5.41) is 2.72. The topological polar surface area (TPSA) is 50.8 Å². The third-order valence-corrected chi connectivity index (χ3v) is 2.39. The Labute approximate surface area is 101 Å². The highest BCUT2D eigenvalue weighted by Gasteiger charge is 2.12. The molecule has 17 heavy (non-hydrogen) atoms. The van der Waals surface area contributed by atoms with Crippen LogP contribution in [0.2, 0.25) is 0 Å². The van der Waals surface area contributed by atoms with E-state index in [-0.39, 0.29) is 6.03 Å². The lowest BCUT2D eigenvalue weighted by molar-refractivity contribution is -0.0970. The minimum absolute atomic E-state index is 0.199. The van der Waals surface area contributed by atoms with Gasteiger partial charge < -0.3 is 14.8 Å². The number of hydrogen-bond acceptors (Lipinski definition) is 3. The third kappa shape index (κ3) is 4.05. The first-order chi connectivity index (χ1) is 8.19. The molecule has 0 bridgehead atoms. The second-order valence-corrected chi connectivity index (χ2v) is 3.48. The molecule has 1 aromatic rings. The summed E-state index contributed by atoms with van der Waals surface area (Å²) in [7, 11) is 4.77. The zero-order valence-electron chi connectivity index (χ0n) is 10.3. The summed E-state index contributed by atoms with van der Waals surface area (Å²) in [5.74, 6) is 0. The Hall–Kier alpha value is -1.59. The van der Waals surface area contributed by atoms with Gasteiger partial charge in [-0.2, -0.15) is 0 Å². The van der Waals surface area contributed by atoms with Crippen molar-refractivity contribution in [1.82, 2.24) is 5.32 Å². The molecule has 0 fully saturated rings. The number of anilines is 1. The molecule has 0 aromatic heterocycles. The Morgan fingerprint density at radius 2 is 1.88 bits per heavy atom. The van der Waals surface area contributed by atoms with Crippen molar-refractivity contribution in [3.05, 3.63) is 30.3 Å². The number of nitrogens with one attached hydrogen (secondary N) is 1. The SMILES string of the molecule is COC(CNC(=O)N(C)c1ccccc1)OC. The molecule has 94 valence electrons. The van der Waals surface area contributed by atoms with Crippen molar-refractivity contribution in [1.29, 1.82) is 0 Å². The van der Waals surface area contributed by atoms with E-state index >= 15 is 0 Å². The lowest BCUT2D eigenvalue weighted by atomic mass is 10.3. The number of amides is 2. The number of ether oxygens (including phenoxy) is 2. The maximum atomic E-state index is 11.8. The van der Waals surface area contributed by atoms with Crippen LogP contribution in [-0.4, -0.2) is 40.1 Å². The van der Waals surface area contributed by atoms with Crippen LogP contribution in [0.25, 0.3) is 0 Å². The van der Waals surface area contributed by atoms with Gasteiger partial charge in [0.15, 0.2) is 6.29 Å². The molecular weight excluding hydrogens is 220 g/mol. The van der Waals surface area contributed by atoms with Crippen LogP contribution >= 0.6 is 0 Å². The fraction of sp³-hybridized carbons (Fsp3) is 0.417. The molecule has 0 heterocycles. The Balaban J connectivity index is 2.48. The standard InChI is InChI=1S/C12H18N2O3/c1-14(10-7-5-4-6-8-10)12(15)13-9-11(16-2)17-3/h4-8,11H,9H2,1-3H3,(H,13,15). The van der Waals surface area contributed by atoms with E-state index in [2.05, 4.69) is 5.32 Å². The summed E-state index contributed by atoms with van der Waals surface area (Å²) in [6.07, 6.45) is -0.428. The minimum Gasteiger partial charge on any atom is -0.354 e. The summed E-state index contributed by atoms with van der Waals surface area (Å²) >= 11 is 0. The number of methoxy groups -OCH3 is 2. The van der Waals surface area contributed by atoms with Gasteiger partial charge in [0, 0.05) is 27.0 Å². The molecule has 0 saturated carbocycles. The lowest BCUT2D eigenvalue weighted by Gasteiger charge is -2.20. The smallest absolute Gasteiger partial charge is 0.321 e. The molecule has 1 aromatic carbocycles. The van der Waals surface area contributed by atoms with Gasteiger partial charge in [0.1, 0.15) is 0 Å². The third-order valence-electron chi connectivity index (χ3n) is 2.39. The number of benzene rings is 1. The van der Waals surface area contributed by atoms with Gasteiger partial charge in [0.05, 0.1) is 6.54 Å². The average Bonchev–Trinajstić information content (AvgIpc) is 2.39. The van der Waals surface area contributed by atoms with E-state index in [9.17, 15) is 4.79 Å². The first-order valence-electron chi connectivity index (χ1n) is 5.31. The number of hydrogen-bond donors (Lipinski definition) is 1. The number of carbonyl (C=O) groups is 1. The largest absolute Gasteiger partial charge is 0.354 e. The van der Waals surface area contributed by atoms with Crippen molar-refractivity contribution < 1.29 is 14.3 Å². The number of rotatable bonds is 5. The van der Waals surface area contributed by atoms with Crippen molar-refractivity contribution in [2.24, 2.45) is 0 Å². The van der Waals surface area contributed by atoms with Crippen molar-refractivity contribution in [2.45, 2.75) is 6.29 Å². The molecule has 0 atom stereocenters. The van der Waals surface area contributed by atoms with Gasteiger partial charge in [-0.05, 0) is 12.1 Å². The number of para-hydroxylation sites is 1. The van der Waals surface area contributed by atoms with E-state index in [1.165, 1.54) is 19.1 Å². The van der Waals surface area contributed by atoms with Gasteiger partial charge in [0.25, 0.3) is 0 Å². The highest BCUT2D eigenvalue weighted by molar-refractivity contribution is 5.91. The second-order valence-electron chi connectivity index (χ2n) is 3.48. The molecular formula is C12H18N2O3. The highest BCUT2D eigenvalue weighted by atomic mass is 16.7. The average molecular weight is 238 g/mol. The zero-order chi connectivity index (χ0) is 12.7. The van der Waals surface area contributed by atoms with Crippen LogP contribution in [-0.2, 0) is 9.47 Å². The summed E-state index contributed by atoms with van der Waals surface area (Å²) < 4.78 is 9.96. The van der Waals surface area contributed by atoms with Crippen molar-refractivity contribution >= 4 is 11.7 Å². The van der Waals surface area contributed by atoms with Gasteiger partial charge in [-0.25, -0.2) is 4.79 Å². The van der Waals surface area contributed by atoms with Crippen LogP contribution in [0.3, 0.4) is 0 Å². The predicted molar refractivity (Wildman–Crippen MR) is 66.0 cm³/mol. The Morgan fingerprint density at radius 3 is 2.41 bits per heavy atom. The van der Waals surface area contributed by atoms with Crippen LogP contribution in [0, 0.1) is 0 Å². The molecule has 0 unspecified atom stereocenters. The normalized spacial score (nSPS) is 10.4. The number of nitrogens with zero attached hydrogens (tertiary/aromatic N) is 1. The minimum atomic E-state index is -0.428. The predicted octanol–water partition coefficient (Wildman–Crippen LogP) is 1.45. The molecule has 5 nitrogen and oxygen atoms in total. The van der Waals surface area contributed by atoms with E-state index in [4.69, 9.17) is 9.47 Å². The van der Waals surface area contributed by atoms with E-state index in [0.717, 1.165) is 5.69 Å². The molecule has 2 amide bonds. The van der Waals surface area contributed by atoms with Gasteiger partial charge in [0.2, 0.25) is 0 Å². The molecule has 0 aliphatic carbocycles. The fourth-order valence-corrected chi connectivity index (χ4v) is 1.32.